The largest absolute Gasteiger partial charge is 0.308 e. The number of hydrogen-bond acceptors (Lipinski definition) is 0. The molecule has 0 atom stereocenters. The topological polar surface area (TPSA) is 4.41 Å². The summed E-state index contributed by atoms with van der Waals surface area (Å²) in [5.41, 5.74) is 24.6. The van der Waals surface area contributed by atoms with Crippen molar-refractivity contribution in [2.24, 2.45) is 0 Å². The van der Waals surface area contributed by atoms with Crippen molar-refractivity contribution in [1.82, 2.24) is 4.40 Å². The summed E-state index contributed by atoms with van der Waals surface area (Å²) in [5, 5.41) is 15.1. The van der Waals surface area contributed by atoms with Gasteiger partial charge in [0.2, 0.25) is 0 Å². The van der Waals surface area contributed by atoms with Crippen LogP contribution in [0.3, 0.4) is 0 Å². The number of hydrogen-bond donors (Lipinski definition) is 0. The average Bonchev–Trinajstić information content (AvgIpc) is 2.24. The molecule has 2 heterocycles. The van der Waals surface area contributed by atoms with Crippen LogP contribution in [0.2, 0.25) is 0 Å². The Bertz CT molecular complexity index is 4710. The molecule has 0 fully saturated rings. The lowest BCUT2D eigenvalue weighted by atomic mass is 9.80. The molecule has 0 amide bonds. The highest BCUT2D eigenvalue weighted by Crippen LogP contribution is 2.53. The second-order valence-electron chi connectivity index (χ2n) is 24.6. The molecule has 0 radical (unpaired) electrons. The van der Waals surface area contributed by atoms with Crippen LogP contribution in [0.25, 0.3) is 148 Å². The van der Waals surface area contributed by atoms with Gasteiger partial charge in [0, 0.05) is 21.5 Å². The maximum atomic E-state index is 2.62. The fraction of sp³-hybridized carbons (Fsp3) is 0.146. The van der Waals surface area contributed by atoms with Crippen molar-refractivity contribution in [3.05, 3.63) is 259 Å². The van der Waals surface area contributed by atoms with Crippen molar-refractivity contribution in [1.29, 1.82) is 0 Å². The molecule has 0 aliphatic carbocycles. The Morgan fingerprint density at radius 3 is 0.976 bits per heavy atom. The van der Waals surface area contributed by atoms with Gasteiger partial charge in [0.1, 0.15) is 0 Å². The fourth-order valence-corrected chi connectivity index (χ4v) is 14.6. The Kier molecular flexibility index (Phi) is 12.0. The number of nitrogens with zero attached hydrogens (tertiary/aromatic N) is 1. The van der Waals surface area contributed by atoms with Gasteiger partial charge in [-0.3, -0.25) is 0 Å². The van der Waals surface area contributed by atoms with E-state index in [0.717, 1.165) is 0 Å². The molecule has 15 rings (SSSR count). The van der Waals surface area contributed by atoms with Crippen molar-refractivity contribution < 1.29 is 0 Å². The van der Waals surface area contributed by atoms with Gasteiger partial charge in [-0.1, -0.05) is 256 Å². The fourth-order valence-electron chi connectivity index (χ4n) is 14.6. The molecule has 400 valence electrons. The van der Waals surface area contributed by atoms with Gasteiger partial charge in [-0.15, -0.1) is 0 Å². The minimum atomic E-state index is 0.371. The molecule has 0 aliphatic heterocycles. The van der Waals surface area contributed by atoms with Gasteiger partial charge in [-0.05, 0) is 192 Å². The zero-order chi connectivity index (χ0) is 56.4. The van der Waals surface area contributed by atoms with E-state index in [4.69, 9.17) is 0 Å². The maximum Gasteiger partial charge on any atom is 0.0620 e. The van der Waals surface area contributed by atoms with Crippen LogP contribution >= 0.6 is 0 Å². The summed E-state index contributed by atoms with van der Waals surface area (Å²) in [6.07, 6.45) is 0. The normalized spacial score (nSPS) is 12.3. The van der Waals surface area contributed by atoms with Crippen LogP contribution in [0.1, 0.15) is 101 Å². The summed E-state index contributed by atoms with van der Waals surface area (Å²) in [6, 6.07) is 90.4. The van der Waals surface area contributed by atoms with Crippen molar-refractivity contribution in [2.75, 3.05) is 0 Å². The molecule has 1 heteroatoms. The molecule has 1 nitrogen and oxygen atoms in total. The highest BCUT2D eigenvalue weighted by molar-refractivity contribution is 6.30. The molecule has 15 aromatic rings. The summed E-state index contributed by atoms with van der Waals surface area (Å²) in [5.74, 6) is 1.48. The third-order valence-electron chi connectivity index (χ3n) is 18.4. The molecule has 0 saturated carbocycles. The van der Waals surface area contributed by atoms with Gasteiger partial charge < -0.3 is 4.40 Å². The highest BCUT2D eigenvalue weighted by Gasteiger charge is 2.27. The lowest BCUT2D eigenvalue weighted by Gasteiger charge is -2.22. The standard InChI is InChI=1S/C82H67N/c1-48(2)57-34-21-35-58(49(3)4)78(57)67-40-19-28-54-44-75-71(46-69(54)67)73-42-56(43-74-72-47-70-55(45-76(72)83(75)82(73)74)29-20-41-68(70)79-59(50(5)6)36-22-37-60(79)51(7)8)77-63-30-15-17-32-65(63)81(66-33-18-16-31-64(66)77)80-61(52-24-11-9-12-25-52)38-23-39-62(80)53-26-13-10-14-27-53/h9-51H,1-8H3. The predicted octanol–water partition coefficient (Wildman–Crippen LogP) is 23.9. The molecule has 2 aromatic heterocycles. The molecule has 0 saturated heterocycles. The van der Waals surface area contributed by atoms with Gasteiger partial charge >= 0.3 is 0 Å². The van der Waals surface area contributed by atoms with Crippen LogP contribution in [0.5, 0.6) is 0 Å². The first kappa shape index (κ1) is 50.6. The van der Waals surface area contributed by atoms with Crippen LogP contribution in [0, 0.1) is 0 Å². The van der Waals surface area contributed by atoms with E-state index in [-0.39, 0.29) is 0 Å². The Labute approximate surface area is 487 Å². The predicted molar refractivity (Wildman–Crippen MR) is 360 cm³/mol. The van der Waals surface area contributed by atoms with E-state index >= 15 is 0 Å². The molecular weight excluding hydrogens is 999 g/mol. The van der Waals surface area contributed by atoms with Crippen LogP contribution in [0.4, 0.5) is 0 Å². The van der Waals surface area contributed by atoms with Gasteiger partial charge in [-0.25, -0.2) is 0 Å². The Morgan fingerprint density at radius 1 is 0.229 bits per heavy atom. The maximum absolute atomic E-state index is 2.62. The number of rotatable bonds is 10. The third-order valence-corrected chi connectivity index (χ3v) is 18.4. The zero-order valence-electron chi connectivity index (χ0n) is 48.8. The van der Waals surface area contributed by atoms with E-state index in [2.05, 4.69) is 296 Å². The number of fused-ring (bicyclic) bond motifs is 10. The van der Waals surface area contributed by atoms with E-state index in [9.17, 15) is 0 Å². The van der Waals surface area contributed by atoms with Gasteiger partial charge in [0.25, 0.3) is 0 Å². The molecular formula is C82H67N. The minimum absolute atomic E-state index is 0.371. The van der Waals surface area contributed by atoms with Gasteiger partial charge in [-0.2, -0.15) is 0 Å². The van der Waals surface area contributed by atoms with Crippen LogP contribution < -0.4 is 0 Å². The highest BCUT2D eigenvalue weighted by atomic mass is 14.9. The summed E-state index contributed by atoms with van der Waals surface area (Å²) < 4.78 is 2.62. The SMILES string of the molecule is CC(C)c1cccc(C(C)C)c1-c1cccc2cc3c(cc12)c1cc(-c2c4ccccc4c(-c4c(-c5ccccc5)cccc4-c4ccccc4)c4ccccc24)cc2c4cc5c(-c6c(C(C)C)cccc6C(C)C)cccc5cc4n3c12. The zero-order valence-corrected chi connectivity index (χ0v) is 48.8. The molecule has 0 bridgehead atoms. The average molecular weight is 1070 g/mol. The monoisotopic (exact) mass is 1070 g/mol. The molecule has 0 spiro atoms. The summed E-state index contributed by atoms with van der Waals surface area (Å²) in [4.78, 5) is 0. The first-order valence-electron chi connectivity index (χ1n) is 30.1. The number of benzene rings is 13. The van der Waals surface area contributed by atoms with Crippen molar-refractivity contribution in [3.8, 4) is 66.8 Å². The van der Waals surface area contributed by atoms with Crippen molar-refractivity contribution >= 4 is 81.2 Å². The minimum Gasteiger partial charge on any atom is -0.308 e. The van der Waals surface area contributed by atoms with Crippen molar-refractivity contribution in [3.63, 3.8) is 0 Å². The van der Waals surface area contributed by atoms with Gasteiger partial charge in [0.05, 0.1) is 16.6 Å². The van der Waals surface area contributed by atoms with Crippen LogP contribution in [-0.4, -0.2) is 4.40 Å². The van der Waals surface area contributed by atoms with E-state index < -0.39 is 0 Å². The summed E-state index contributed by atoms with van der Waals surface area (Å²) in [7, 11) is 0. The van der Waals surface area contributed by atoms with Crippen LogP contribution in [0.15, 0.2) is 237 Å². The van der Waals surface area contributed by atoms with Crippen molar-refractivity contribution in [2.45, 2.75) is 79.1 Å². The lowest BCUT2D eigenvalue weighted by Crippen LogP contribution is -2.00. The Hall–Kier alpha value is -9.30. The second kappa shape index (κ2) is 19.7. The second-order valence-corrected chi connectivity index (χ2v) is 24.6. The molecule has 0 unspecified atom stereocenters. The third kappa shape index (κ3) is 7.88. The van der Waals surface area contributed by atoms with E-state index in [1.54, 1.807) is 0 Å². The van der Waals surface area contributed by atoms with E-state index in [0.29, 0.717) is 23.7 Å². The van der Waals surface area contributed by atoms with Gasteiger partial charge in [0.15, 0.2) is 0 Å². The molecule has 13 aromatic carbocycles. The smallest absolute Gasteiger partial charge is 0.0620 e. The first-order chi connectivity index (χ1) is 40.5. The molecule has 0 N–H and O–H groups in total. The van der Waals surface area contributed by atoms with E-state index in [1.165, 1.54) is 170 Å². The van der Waals surface area contributed by atoms with Crippen LogP contribution in [-0.2, 0) is 0 Å². The first-order valence-corrected chi connectivity index (χ1v) is 30.1. The molecule has 83 heavy (non-hydrogen) atoms. The summed E-state index contributed by atoms with van der Waals surface area (Å²) in [6.45, 7) is 18.7. The molecule has 0 aliphatic rings. The Morgan fingerprint density at radius 2 is 0.578 bits per heavy atom. The van der Waals surface area contributed by atoms with E-state index in [1.807, 2.05) is 0 Å². The quantitative estimate of drug-likeness (QED) is 0.120. The Balaban J connectivity index is 1.09. The summed E-state index contributed by atoms with van der Waals surface area (Å²) >= 11 is 0. The number of aromatic nitrogens is 1. The lowest BCUT2D eigenvalue weighted by molar-refractivity contribution is 0.838.